The quantitative estimate of drug-likeness (QED) is 0.804. The first kappa shape index (κ1) is 13.5. The van der Waals surface area contributed by atoms with E-state index in [0.717, 1.165) is 16.8 Å². The number of nitrogens with zero attached hydrogens (tertiary/aromatic N) is 2. The molecule has 0 unspecified atom stereocenters. The lowest BCUT2D eigenvalue weighted by molar-refractivity contribution is 0.0946. The molecule has 0 aliphatic heterocycles. The molecule has 2 heterocycles. The number of hydrogen-bond donors (Lipinski definition) is 1. The summed E-state index contributed by atoms with van der Waals surface area (Å²) in [5.74, 6) is 0.503. The van der Waals surface area contributed by atoms with Crippen LogP contribution in [0.25, 0.3) is 11.3 Å². The van der Waals surface area contributed by atoms with Gasteiger partial charge in [-0.15, -0.1) is 11.3 Å². The molecule has 21 heavy (non-hydrogen) atoms. The van der Waals surface area contributed by atoms with E-state index in [1.165, 1.54) is 11.3 Å². The van der Waals surface area contributed by atoms with Crippen molar-refractivity contribution in [3.63, 3.8) is 0 Å². The Hall–Kier alpha value is -2.47. The molecule has 0 radical (unpaired) electrons. The maximum absolute atomic E-state index is 11.9. The zero-order valence-corrected chi connectivity index (χ0v) is 12.2. The van der Waals surface area contributed by atoms with Gasteiger partial charge in [0.1, 0.15) is 17.1 Å². The van der Waals surface area contributed by atoms with E-state index in [9.17, 15) is 4.79 Å². The van der Waals surface area contributed by atoms with Crippen molar-refractivity contribution >= 4 is 17.2 Å². The van der Waals surface area contributed by atoms with Gasteiger partial charge in [0.05, 0.1) is 5.51 Å². The van der Waals surface area contributed by atoms with Crippen molar-refractivity contribution in [2.75, 3.05) is 0 Å². The van der Waals surface area contributed by atoms with Crippen molar-refractivity contribution in [2.24, 2.45) is 0 Å². The molecule has 1 N–H and O–H groups in total. The molecule has 0 saturated carbocycles. The molecule has 1 amide bonds. The minimum Gasteiger partial charge on any atom is -0.361 e. The Labute approximate surface area is 125 Å². The maximum atomic E-state index is 11.9. The van der Waals surface area contributed by atoms with Gasteiger partial charge in [-0.1, -0.05) is 35.5 Å². The van der Waals surface area contributed by atoms with E-state index >= 15 is 0 Å². The summed E-state index contributed by atoms with van der Waals surface area (Å²) in [4.78, 5) is 15.9. The molecule has 0 spiro atoms. The van der Waals surface area contributed by atoms with Crippen LogP contribution >= 0.6 is 11.3 Å². The molecule has 0 aliphatic carbocycles. The predicted molar refractivity (Wildman–Crippen MR) is 80.0 cm³/mol. The topological polar surface area (TPSA) is 68.0 Å². The van der Waals surface area contributed by atoms with Crippen molar-refractivity contribution in [3.05, 3.63) is 58.2 Å². The molecular formula is C15H13N3O2S. The zero-order chi connectivity index (χ0) is 14.7. The highest BCUT2D eigenvalue weighted by atomic mass is 32.1. The van der Waals surface area contributed by atoms with Gasteiger partial charge in [-0.2, -0.15) is 0 Å². The number of thiazole rings is 1. The fourth-order valence-electron chi connectivity index (χ4n) is 2.01. The van der Waals surface area contributed by atoms with Gasteiger partial charge in [-0.3, -0.25) is 4.79 Å². The number of rotatable bonds is 4. The second-order valence-electron chi connectivity index (χ2n) is 4.49. The predicted octanol–water partition coefficient (Wildman–Crippen LogP) is 3.04. The number of nitrogens with one attached hydrogen (secondary N) is 1. The van der Waals surface area contributed by atoms with Gasteiger partial charge in [-0.05, 0) is 6.92 Å². The van der Waals surface area contributed by atoms with E-state index in [0.29, 0.717) is 18.0 Å². The summed E-state index contributed by atoms with van der Waals surface area (Å²) >= 11 is 1.39. The number of carbonyl (C=O) groups excluding carboxylic acids is 1. The molecule has 0 aliphatic rings. The van der Waals surface area contributed by atoms with E-state index in [-0.39, 0.29) is 5.91 Å². The van der Waals surface area contributed by atoms with Gasteiger partial charge in [0.15, 0.2) is 0 Å². The molecule has 106 valence electrons. The molecule has 3 rings (SSSR count). The van der Waals surface area contributed by atoms with Crippen LogP contribution in [0.4, 0.5) is 0 Å². The molecule has 0 bridgehead atoms. The van der Waals surface area contributed by atoms with Gasteiger partial charge >= 0.3 is 0 Å². The third kappa shape index (κ3) is 2.85. The number of amides is 1. The lowest BCUT2D eigenvalue weighted by Crippen LogP contribution is -2.23. The number of carbonyl (C=O) groups is 1. The van der Waals surface area contributed by atoms with E-state index in [1.54, 1.807) is 10.9 Å². The Morgan fingerprint density at radius 1 is 1.33 bits per heavy atom. The third-order valence-electron chi connectivity index (χ3n) is 3.12. The summed E-state index contributed by atoms with van der Waals surface area (Å²) < 4.78 is 5.26. The number of aromatic nitrogens is 2. The monoisotopic (exact) mass is 299 g/mol. The average molecular weight is 299 g/mol. The van der Waals surface area contributed by atoms with Crippen LogP contribution in [-0.2, 0) is 6.54 Å². The summed E-state index contributed by atoms with van der Waals surface area (Å²) in [5, 5.41) is 8.65. The first-order chi connectivity index (χ1) is 10.3. The smallest absolute Gasteiger partial charge is 0.271 e. The third-order valence-corrected chi connectivity index (χ3v) is 3.71. The molecule has 0 atom stereocenters. The van der Waals surface area contributed by atoms with Crippen LogP contribution in [0.15, 0.2) is 45.7 Å². The van der Waals surface area contributed by atoms with E-state index in [2.05, 4.69) is 15.5 Å². The van der Waals surface area contributed by atoms with Gasteiger partial charge in [0, 0.05) is 23.1 Å². The van der Waals surface area contributed by atoms with Crippen LogP contribution in [0.2, 0.25) is 0 Å². The Kier molecular flexibility index (Phi) is 3.79. The normalized spacial score (nSPS) is 10.5. The van der Waals surface area contributed by atoms with E-state index in [1.807, 2.05) is 37.3 Å². The highest BCUT2D eigenvalue weighted by Crippen LogP contribution is 2.24. The zero-order valence-electron chi connectivity index (χ0n) is 11.4. The molecule has 0 saturated heterocycles. The largest absolute Gasteiger partial charge is 0.361 e. The molecule has 5 nitrogen and oxygen atoms in total. The number of aryl methyl sites for hydroxylation is 1. The Morgan fingerprint density at radius 3 is 2.86 bits per heavy atom. The van der Waals surface area contributed by atoms with Gasteiger partial charge in [0.2, 0.25) is 0 Å². The maximum Gasteiger partial charge on any atom is 0.271 e. The highest BCUT2D eigenvalue weighted by Gasteiger charge is 2.16. The van der Waals surface area contributed by atoms with Crippen LogP contribution in [0.5, 0.6) is 0 Å². The van der Waals surface area contributed by atoms with Gasteiger partial charge in [-0.25, -0.2) is 4.98 Å². The minimum absolute atomic E-state index is 0.198. The first-order valence-electron chi connectivity index (χ1n) is 6.42. The second kappa shape index (κ2) is 5.88. The summed E-state index contributed by atoms with van der Waals surface area (Å²) in [6.45, 7) is 2.19. The van der Waals surface area contributed by atoms with Crippen molar-refractivity contribution < 1.29 is 9.32 Å². The number of hydrogen-bond acceptors (Lipinski definition) is 5. The standard InChI is InChI=1S/C15H13N3O2S/c1-10-12(7-16-15(19)13-8-21-9-17-13)14(18-20-10)11-5-3-2-4-6-11/h2-6,8-9H,7H2,1H3,(H,16,19). The Balaban J connectivity index is 1.80. The molecule has 0 fully saturated rings. The first-order valence-corrected chi connectivity index (χ1v) is 7.37. The molecule has 6 heteroatoms. The van der Waals surface area contributed by atoms with Gasteiger partial charge in [0.25, 0.3) is 5.91 Å². The summed E-state index contributed by atoms with van der Waals surface area (Å²) in [5.41, 5.74) is 4.66. The van der Waals surface area contributed by atoms with Crippen LogP contribution < -0.4 is 5.32 Å². The van der Waals surface area contributed by atoms with E-state index < -0.39 is 0 Å². The molecule has 3 aromatic rings. The lowest BCUT2D eigenvalue weighted by Gasteiger charge is -2.04. The molecular weight excluding hydrogens is 286 g/mol. The highest BCUT2D eigenvalue weighted by molar-refractivity contribution is 7.07. The average Bonchev–Trinajstić information content (AvgIpc) is 3.16. The SMILES string of the molecule is Cc1onc(-c2ccccc2)c1CNC(=O)c1cscn1. The van der Waals surface area contributed by atoms with Crippen molar-refractivity contribution in [2.45, 2.75) is 13.5 Å². The van der Waals surface area contributed by atoms with Crippen LogP contribution in [0.1, 0.15) is 21.8 Å². The minimum atomic E-state index is -0.198. The Morgan fingerprint density at radius 2 is 2.14 bits per heavy atom. The lowest BCUT2D eigenvalue weighted by atomic mass is 10.1. The van der Waals surface area contributed by atoms with Crippen molar-refractivity contribution in [3.8, 4) is 11.3 Å². The summed E-state index contributed by atoms with van der Waals surface area (Å²) in [7, 11) is 0. The Bertz CT molecular complexity index is 736. The second-order valence-corrected chi connectivity index (χ2v) is 5.21. The van der Waals surface area contributed by atoms with Gasteiger partial charge < -0.3 is 9.84 Å². The van der Waals surface area contributed by atoms with Crippen LogP contribution in [0.3, 0.4) is 0 Å². The van der Waals surface area contributed by atoms with Crippen molar-refractivity contribution in [1.82, 2.24) is 15.5 Å². The van der Waals surface area contributed by atoms with Crippen molar-refractivity contribution in [1.29, 1.82) is 0 Å². The molecule has 1 aromatic carbocycles. The van der Waals surface area contributed by atoms with Crippen LogP contribution in [0, 0.1) is 6.92 Å². The van der Waals surface area contributed by atoms with Crippen LogP contribution in [-0.4, -0.2) is 16.0 Å². The van der Waals surface area contributed by atoms with E-state index in [4.69, 9.17) is 4.52 Å². The fraction of sp³-hybridized carbons (Fsp3) is 0.133. The number of benzene rings is 1. The fourth-order valence-corrected chi connectivity index (χ4v) is 2.54. The molecule has 2 aromatic heterocycles. The summed E-state index contributed by atoms with van der Waals surface area (Å²) in [6.07, 6.45) is 0. The summed E-state index contributed by atoms with van der Waals surface area (Å²) in [6, 6.07) is 9.75.